The van der Waals surface area contributed by atoms with E-state index in [0.717, 1.165) is 31.5 Å². The van der Waals surface area contributed by atoms with E-state index in [1.54, 1.807) is 13.8 Å². The first-order chi connectivity index (χ1) is 10.4. The highest BCUT2D eigenvalue weighted by atomic mass is 16.2. The number of nitrogens with two attached hydrogens (primary N) is 1. The summed E-state index contributed by atoms with van der Waals surface area (Å²) in [5, 5.41) is 2.76. The highest BCUT2D eigenvalue weighted by Crippen LogP contribution is 2.18. The normalized spacial score (nSPS) is 19.1. The number of piperidine rings is 1. The Bertz CT molecular complexity index is 522. The van der Waals surface area contributed by atoms with Gasteiger partial charge in [0.05, 0.1) is 0 Å². The Morgan fingerprint density at radius 2 is 1.77 bits per heavy atom. The Morgan fingerprint density at radius 3 is 2.36 bits per heavy atom. The fourth-order valence-electron chi connectivity index (χ4n) is 2.71. The smallest absolute Gasteiger partial charge is 0.245 e. The van der Waals surface area contributed by atoms with Gasteiger partial charge in [0.15, 0.2) is 0 Å². The molecular formula is C17H25N3O2. The van der Waals surface area contributed by atoms with Gasteiger partial charge in [0.2, 0.25) is 11.8 Å². The Kier molecular flexibility index (Phi) is 5.19. The third-order valence-corrected chi connectivity index (χ3v) is 4.23. The van der Waals surface area contributed by atoms with Gasteiger partial charge in [0, 0.05) is 13.1 Å². The topological polar surface area (TPSA) is 75.4 Å². The molecule has 2 atom stereocenters. The second-order valence-corrected chi connectivity index (χ2v) is 6.15. The van der Waals surface area contributed by atoms with Crippen LogP contribution in [-0.4, -0.2) is 35.8 Å². The SMILES string of the molecule is CC(NC(=O)C(C)(N)c1ccccc1)C(=O)N1CCCCC1. The number of nitrogens with one attached hydrogen (secondary N) is 1. The summed E-state index contributed by atoms with van der Waals surface area (Å²) in [5.74, 6) is -0.367. The average molecular weight is 303 g/mol. The fraction of sp³-hybridized carbons (Fsp3) is 0.529. The minimum atomic E-state index is -1.16. The van der Waals surface area contributed by atoms with Crippen LogP contribution < -0.4 is 11.1 Å². The molecule has 2 rings (SSSR count). The number of rotatable bonds is 4. The van der Waals surface area contributed by atoms with Crippen LogP contribution in [0.3, 0.4) is 0 Å². The van der Waals surface area contributed by atoms with Crippen molar-refractivity contribution in [3.8, 4) is 0 Å². The van der Waals surface area contributed by atoms with Crippen LogP contribution in [0.4, 0.5) is 0 Å². The summed E-state index contributed by atoms with van der Waals surface area (Å²) >= 11 is 0. The van der Waals surface area contributed by atoms with Crippen LogP contribution in [0.2, 0.25) is 0 Å². The standard InChI is InChI=1S/C17H25N3O2/c1-13(15(21)20-11-7-4-8-12-20)19-16(22)17(2,18)14-9-5-3-6-10-14/h3,5-6,9-10,13H,4,7-8,11-12,18H2,1-2H3,(H,19,22). The number of benzene rings is 1. The second kappa shape index (κ2) is 6.92. The number of hydrogen-bond acceptors (Lipinski definition) is 3. The van der Waals surface area contributed by atoms with Crippen molar-refractivity contribution >= 4 is 11.8 Å². The van der Waals surface area contributed by atoms with Crippen molar-refractivity contribution in [3.05, 3.63) is 35.9 Å². The van der Waals surface area contributed by atoms with E-state index in [0.29, 0.717) is 0 Å². The molecule has 120 valence electrons. The molecule has 3 N–H and O–H groups in total. The molecule has 22 heavy (non-hydrogen) atoms. The van der Waals surface area contributed by atoms with E-state index in [1.807, 2.05) is 35.2 Å². The number of hydrogen-bond donors (Lipinski definition) is 2. The lowest BCUT2D eigenvalue weighted by molar-refractivity contribution is -0.138. The molecule has 0 aromatic heterocycles. The van der Waals surface area contributed by atoms with Gasteiger partial charge in [0.1, 0.15) is 11.6 Å². The average Bonchev–Trinajstić information content (AvgIpc) is 2.55. The zero-order chi connectivity index (χ0) is 16.2. The molecule has 1 aliphatic heterocycles. The lowest BCUT2D eigenvalue weighted by atomic mass is 9.92. The summed E-state index contributed by atoms with van der Waals surface area (Å²) in [6.07, 6.45) is 3.23. The molecule has 1 heterocycles. The van der Waals surface area contributed by atoms with Crippen molar-refractivity contribution in [1.29, 1.82) is 0 Å². The maximum atomic E-state index is 12.5. The summed E-state index contributed by atoms with van der Waals surface area (Å²) in [6.45, 7) is 4.93. The Labute approximate surface area is 131 Å². The number of amides is 2. The zero-order valence-corrected chi connectivity index (χ0v) is 13.3. The van der Waals surface area contributed by atoms with Gasteiger partial charge in [-0.05, 0) is 38.7 Å². The lowest BCUT2D eigenvalue weighted by Crippen LogP contribution is -2.55. The Hall–Kier alpha value is -1.88. The first-order valence-corrected chi connectivity index (χ1v) is 7.87. The van der Waals surface area contributed by atoms with Crippen molar-refractivity contribution in [2.24, 2.45) is 5.73 Å². The minimum Gasteiger partial charge on any atom is -0.343 e. The van der Waals surface area contributed by atoms with E-state index in [1.165, 1.54) is 6.42 Å². The molecule has 0 aliphatic carbocycles. The van der Waals surface area contributed by atoms with Gasteiger partial charge in [-0.1, -0.05) is 30.3 Å². The molecule has 0 spiro atoms. The molecule has 1 fully saturated rings. The van der Waals surface area contributed by atoms with Gasteiger partial charge in [0.25, 0.3) is 0 Å². The van der Waals surface area contributed by atoms with Crippen molar-refractivity contribution in [2.45, 2.75) is 44.7 Å². The third-order valence-electron chi connectivity index (χ3n) is 4.23. The molecule has 0 radical (unpaired) electrons. The number of likely N-dealkylation sites (tertiary alicyclic amines) is 1. The van der Waals surface area contributed by atoms with Crippen LogP contribution in [0.5, 0.6) is 0 Å². The summed E-state index contributed by atoms with van der Waals surface area (Å²) < 4.78 is 0. The molecule has 5 heteroatoms. The van der Waals surface area contributed by atoms with E-state index in [9.17, 15) is 9.59 Å². The molecule has 5 nitrogen and oxygen atoms in total. The highest BCUT2D eigenvalue weighted by molar-refractivity contribution is 5.92. The Balaban J connectivity index is 1.99. The van der Waals surface area contributed by atoms with Crippen LogP contribution in [-0.2, 0) is 15.1 Å². The molecule has 1 aliphatic rings. The van der Waals surface area contributed by atoms with Crippen molar-refractivity contribution in [1.82, 2.24) is 10.2 Å². The maximum Gasteiger partial charge on any atom is 0.245 e. The van der Waals surface area contributed by atoms with E-state index in [2.05, 4.69) is 5.32 Å². The first-order valence-electron chi connectivity index (χ1n) is 7.87. The molecule has 1 aromatic rings. The molecule has 2 unspecified atom stereocenters. The van der Waals surface area contributed by atoms with Gasteiger partial charge < -0.3 is 16.0 Å². The summed E-state index contributed by atoms with van der Waals surface area (Å²) in [7, 11) is 0. The number of carbonyl (C=O) groups excluding carboxylic acids is 2. The largest absolute Gasteiger partial charge is 0.343 e. The summed E-state index contributed by atoms with van der Waals surface area (Å²) in [6, 6.07) is 8.64. The van der Waals surface area contributed by atoms with Crippen LogP contribution in [0.1, 0.15) is 38.7 Å². The van der Waals surface area contributed by atoms with E-state index < -0.39 is 11.6 Å². The van der Waals surface area contributed by atoms with Crippen molar-refractivity contribution in [3.63, 3.8) is 0 Å². The van der Waals surface area contributed by atoms with E-state index in [-0.39, 0.29) is 11.8 Å². The second-order valence-electron chi connectivity index (χ2n) is 6.15. The molecule has 0 saturated carbocycles. The summed E-state index contributed by atoms with van der Waals surface area (Å²) in [5.41, 5.74) is 5.74. The van der Waals surface area contributed by atoms with Gasteiger partial charge in [-0.15, -0.1) is 0 Å². The Morgan fingerprint density at radius 1 is 1.18 bits per heavy atom. The van der Waals surface area contributed by atoms with Gasteiger partial charge in [-0.2, -0.15) is 0 Å². The minimum absolute atomic E-state index is 0.0306. The third kappa shape index (κ3) is 3.65. The molecule has 1 aromatic carbocycles. The summed E-state index contributed by atoms with van der Waals surface area (Å²) in [4.78, 5) is 26.6. The predicted molar refractivity (Wildman–Crippen MR) is 86.0 cm³/mol. The van der Waals surface area contributed by atoms with Crippen molar-refractivity contribution < 1.29 is 9.59 Å². The van der Waals surface area contributed by atoms with Crippen LogP contribution in [0.25, 0.3) is 0 Å². The molecule has 1 saturated heterocycles. The fourth-order valence-corrected chi connectivity index (χ4v) is 2.71. The van der Waals surface area contributed by atoms with Crippen molar-refractivity contribution in [2.75, 3.05) is 13.1 Å². The van der Waals surface area contributed by atoms with Gasteiger partial charge in [-0.25, -0.2) is 0 Å². The maximum absolute atomic E-state index is 12.5. The van der Waals surface area contributed by atoms with E-state index >= 15 is 0 Å². The first kappa shape index (κ1) is 16.5. The van der Waals surface area contributed by atoms with Crippen LogP contribution in [0, 0.1) is 0 Å². The van der Waals surface area contributed by atoms with Gasteiger partial charge in [-0.3, -0.25) is 9.59 Å². The van der Waals surface area contributed by atoms with E-state index in [4.69, 9.17) is 5.73 Å². The van der Waals surface area contributed by atoms with Crippen LogP contribution >= 0.6 is 0 Å². The zero-order valence-electron chi connectivity index (χ0n) is 13.3. The number of nitrogens with zero attached hydrogens (tertiary/aromatic N) is 1. The molecule has 0 bridgehead atoms. The molecule has 2 amide bonds. The number of carbonyl (C=O) groups is 2. The highest BCUT2D eigenvalue weighted by Gasteiger charge is 2.33. The predicted octanol–water partition coefficient (Wildman–Crippen LogP) is 1.38. The lowest BCUT2D eigenvalue weighted by Gasteiger charge is -2.31. The monoisotopic (exact) mass is 303 g/mol. The van der Waals surface area contributed by atoms with Crippen LogP contribution in [0.15, 0.2) is 30.3 Å². The quantitative estimate of drug-likeness (QED) is 0.882. The van der Waals surface area contributed by atoms with Gasteiger partial charge >= 0.3 is 0 Å². The molecular weight excluding hydrogens is 278 g/mol.